The van der Waals surface area contributed by atoms with Gasteiger partial charge >= 0.3 is 5.76 Å². The predicted molar refractivity (Wildman–Crippen MR) is 56.8 cm³/mol. The van der Waals surface area contributed by atoms with Crippen LogP contribution in [0.3, 0.4) is 0 Å². The molecule has 5 heteroatoms. The van der Waals surface area contributed by atoms with Crippen molar-refractivity contribution >= 4 is 23.5 Å². The number of oxazole rings is 1. The Morgan fingerprint density at radius 3 is 2.79 bits per heavy atom. The molecule has 2 aromatic rings. The van der Waals surface area contributed by atoms with Crippen LogP contribution in [0.4, 0.5) is 0 Å². The van der Waals surface area contributed by atoms with Crippen molar-refractivity contribution in [3.05, 3.63) is 34.8 Å². The average Bonchev–Trinajstić information content (AvgIpc) is 2.44. The van der Waals surface area contributed by atoms with Gasteiger partial charge in [-0.15, -0.1) is 12.4 Å². The molecular weight excluding hydrogens is 204 g/mol. The number of halogens is 1. The summed E-state index contributed by atoms with van der Waals surface area (Å²) in [4.78, 5) is 11.3. The third-order valence-corrected chi connectivity index (χ3v) is 1.93. The summed E-state index contributed by atoms with van der Waals surface area (Å²) in [5, 5.41) is 0. The van der Waals surface area contributed by atoms with Crippen LogP contribution in [0, 0.1) is 0 Å². The maximum atomic E-state index is 11.3. The monoisotopic (exact) mass is 214 g/mol. The first-order valence-electron chi connectivity index (χ1n) is 4.11. The summed E-state index contributed by atoms with van der Waals surface area (Å²) in [6.45, 7) is 0.930. The first-order valence-corrected chi connectivity index (χ1v) is 4.11. The molecule has 0 aliphatic heterocycles. The van der Waals surface area contributed by atoms with E-state index in [1.807, 2.05) is 18.2 Å². The zero-order chi connectivity index (χ0) is 9.26. The van der Waals surface area contributed by atoms with E-state index in [1.165, 1.54) is 4.57 Å². The Balaban J connectivity index is 0.000000980. The van der Waals surface area contributed by atoms with E-state index in [0.717, 1.165) is 5.52 Å². The van der Waals surface area contributed by atoms with Crippen molar-refractivity contribution in [1.29, 1.82) is 0 Å². The SMILES string of the molecule is Cl.NCCn1c(=O)oc2ccccc21. The van der Waals surface area contributed by atoms with Gasteiger partial charge in [-0.25, -0.2) is 4.79 Å². The summed E-state index contributed by atoms with van der Waals surface area (Å²) >= 11 is 0. The Hall–Kier alpha value is -1.26. The number of aromatic nitrogens is 1. The molecule has 0 bridgehead atoms. The van der Waals surface area contributed by atoms with Crippen LogP contribution >= 0.6 is 12.4 Å². The fourth-order valence-electron chi connectivity index (χ4n) is 1.35. The van der Waals surface area contributed by atoms with Crippen molar-refractivity contribution in [1.82, 2.24) is 4.57 Å². The topological polar surface area (TPSA) is 61.2 Å². The van der Waals surface area contributed by atoms with Gasteiger partial charge in [-0.05, 0) is 12.1 Å². The number of hydrogen-bond donors (Lipinski definition) is 1. The minimum atomic E-state index is -0.341. The molecule has 1 heterocycles. The molecule has 14 heavy (non-hydrogen) atoms. The molecule has 0 amide bonds. The molecule has 0 saturated heterocycles. The van der Waals surface area contributed by atoms with Crippen LogP contribution < -0.4 is 11.5 Å². The second-order valence-corrected chi connectivity index (χ2v) is 2.78. The number of nitrogens with two attached hydrogens (primary N) is 1. The third-order valence-electron chi connectivity index (χ3n) is 1.93. The minimum Gasteiger partial charge on any atom is -0.408 e. The van der Waals surface area contributed by atoms with Crippen molar-refractivity contribution in [2.24, 2.45) is 5.73 Å². The number of rotatable bonds is 2. The Kier molecular flexibility index (Phi) is 3.33. The van der Waals surface area contributed by atoms with Gasteiger partial charge in [0.05, 0.1) is 5.52 Å². The lowest BCUT2D eigenvalue weighted by atomic mass is 10.3. The van der Waals surface area contributed by atoms with Gasteiger partial charge in [0.15, 0.2) is 5.58 Å². The molecule has 0 saturated carbocycles. The first kappa shape index (κ1) is 10.8. The smallest absolute Gasteiger partial charge is 0.408 e. The average molecular weight is 215 g/mol. The van der Waals surface area contributed by atoms with Crippen LogP contribution in [0.5, 0.6) is 0 Å². The van der Waals surface area contributed by atoms with E-state index in [9.17, 15) is 4.79 Å². The molecule has 2 N–H and O–H groups in total. The molecule has 1 aromatic carbocycles. The van der Waals surface area contributed by atoms with E-state index in [1.54, 1.807) is 6.07 Å². The van der Waals surface area contributed by atoms with Crippen molar-refractivity contribution in [3.8, 4) is 0 Å². The molecule has 0 fully saturated rings. The molecule has 0 atom stereocenters. The molecule has 0 aliphatic carbocycles. The van der Waals surface area contributed by atoms with Crippen LogP contribution in [0.2, 0.25) is 0 Å². The van der Waals surface area contributed by atoms with E-state index in [-0.39, 0.29) is 18.2 Å². The van der Waals surface area contributed by atoms with Gasteiger partial charge in [0.25, 0.3) is 0 Å². The Bertz CT molecular complexity index is 475. The van der Waals surface area contributed by atoms with E-state index in [4.69, 9.17) is 10.2 Å². The van der Waals surface area contributed by atoms with Crippen molar-refractivity contribution < 1.29 is 4.42 Å². The van der Waals surface area contributed by atoms with E-state index in [2.05, 4.69) is 0 Å². The molecule has 1 aromatic heterocycles. The van der Waals surface area contributed by atoms with Crippen molar-refractivity contribution in [2.75, 3.05) is 6.54 Å². The van der Waals surface area contributed by atoms with Crippen molar-refractivity contribution in [3.63, 3.8) is 0 Å². The second-order valence-electron chi connectivity index (χ2n) is 2.78. The molecule has 0 unspecified atom stereocenters. The highest BCUT2D eigenvalue weighted by molar-refractivity contribution is 5.85. The lowest BCUT2D eigenvalue weighted by molar-refractivity contribution is 0.507. The fourth-order valence-corrected chi connectivity index (χ4v) is 1.35. The van der Waals surface area contributed by atoms with Gasteiger partial charge in [0.1, 0.15) is 0 Å². The summed E-state index contributed by atoms with van der Waals surface area (Å²) < 4.78 is 6.54. The summed E-state index contributed by atoms with van der Waals surface area (Å²) in [6, 6.07) is 7.31. The molecule has 76 valence electrons. The Labute approximate surface area is 86.7 Å². The first-order chi connectivity index (χ1) is 6.33. The Morgan fingerprint density at radius 2 is 2.07 bits per heavy atom. The number of hydrogen-bond acceptors (Lipinski definition) is 3. The maximum absolute atomic E-state index is 11.3. The largest absolute Gasteiger partial charge is 0.419 e. The highest BCUT2D eigenvalue weighted by Crippen LogP contribution is 2.10. The van der Waals surface area contributed by atoms with Gasteiger partial charge in [-0.1, -0.05) is 12.1 Å². The summed E-state index contributed by atoms with van der Waals surface area (Å²) in [7, 11) is 0. The second kappa shape index (κ2) is 4.30. The zero-order valence-electron chi connectivity index (χ0n) is 7.47. The van der Waals surface area contributed by atoms with Gasteiger partial charge in [-0.3, -0.25) is 4.57 Å². The van der Waals surface area contributed by atoms with Gasteiger partial charge in [0, 0.05) is 13.1 Å². The number of para-hydroxylation sites is 2. The molecule has 2 rings (SSSR count). The van der Waals surface area contributed by atoms with Gasteiger partial charge in [-0.2, -0.15) is 0 Å². The number of nitrogens with zero attached hydrogens (tertiary/aromatic N) is 1. The van der Waals surface area contributed by atoms with Gasteiger partial charge in [0.2, 0.25) is 0 Å². The highest BCUT2D eigenvalue weighted by Gasteiger charge is 2.05. The number of fused-ring (bicyclic) bond motifs is 1. The fraction of sp³-hybridized carbons (Fsp3) is 0.222. The Morgan fingerprint density at radius 1 is 1.36 bits per heavy atom. The quantitative estimate of drug-likeness (QED) is 0.811. The summed E-state index contributed by atoms with van der Waals surface area (Å²) in [5.41, 5.74) is 6.79. The lowest BCUT2D eigenvalue weighted by Gasteiger charge is -1.96. The molecule has 4 nitrogen and oxygen atoms in total. The maximum Gasteiger partial charge on any atom is 0.419 e. The molecule has 0 radical (unpaired) electrons. The lowest BCUT2D eigenvalue weighted by Crippen LogP contribution is -2.19. The van der Waals surface area contributed by atoms with E-state index < -0.39 is 0 Å². The van der Waals surface area contributed by atoms with E-state index in [0.29, 0.717) is 18.7 Å². The number of benzene rings is 1. The van der Waals surface area contributed by atoms with Crippen LogP contribution in [0.25, 0.3) is 11.1 Å². The molecule has 0 aliphatic rings. The standard InChI is InChI=1S/C9H10N2O2.ClH/c10-5-6-11-7-3-1-2-4-8(7)13-9(11)12;/h1-4H,5-6,10H2;1H. The molecular formula is C9H11ClN2O2. The summed E-state index contributed by atoms with van der Waals surface area (Å²) in [6.07, 6.45) is 0. The summed E-state index contributed by atoms with van der Waals surface area (Å²) in [5.74, 6) is -0.341. The van der Waals surface area contributed by atoms with Crippen molar-refractivity contribution in [2.45, 2.75) is 6.54 Å². The van der Waals surface area contributed by atoms with Crippen LogP contribution in [0.1, 0.15) is 0 Å². The minimum absolute atomic E-state index is 0. The predicted octanol–water partition coefficient (Wildman–Crippen LogP) is 0.975. The van der Waals surface area contributed by atoms with Crippen LogP contribution in [-0.4, -0.2) is 11.1 Å². The van der Waals surface area contributed by atoms with E-state index >= 15 is 0 Å². The highest BCUT2D eigenvalue weighted by atomic mass is 35.5. The van der Waals surface area contributed by atoms with Crippen LogP contribution in [0.15, 0.2) is 33.5 Å². The zero-order valence-corrected chi connectivity index (χ0v) is 8.29. The normalized spacial score (nSPS) is 10.1. The van der Waals surface area contributed by atoms with Gasteiger partial charge < -0.3 is 10.2 Å². The van der Waals surface area contributed by atoms with Crippen LogP contribution in [-0.2, 0) is 6.54 Å². The molecule has 0 spiro atoms. The third kappa shape index (κ3) is 1.66.